The lowest BCUT2D eigenvalue weighted by Gasteiger charge is -2.14. The fourth-order valence-corrected chi connectivity index (χ4v) is 2.28. The average Bonchev–Trinajstić information content (AvgIpc) is 2.43. The molecule has 0 saturated heterocycles. The van der Waals surface area contributed by atoms with E-state index in [1.807, 2.05) is 16.6 Å². The smallest absolute Gasteiger partial charge is 0.157 e. The van der Waals surface area contributed by atoms with Crippen LogP contribution in [0.15, 0.2) is 16.7 Å². The number of aryl methyl sites for hydroxylation is 1. The molecular formula is C12H16BrN3. The van der Waals surface area contributed by atoms with E-state index in [9.17, 15) is 0 Å². The van der Waals surface area contributed by atoms with Crippen LogP contribution in [0, 0.1) is 12.3 Å². The Bertz CT molecular complexity index is 523. The first-order valence-corrected chi connectivity index (χ1v) is 6.16. The van der Waals surface area contributed by atoms with Gasteiger partial charge in [0.1, 0.15) is 4.60 Å². The summed E-state index contributed by atoms with van der Waals surface area (Å²) in [6, 6.07) is 4.09. The molecule has 0 unspecified atom stereocenters. The highest BCUT2D eigenvalue weighted by molar-refractivity contribution is 9.10. The standard InChI is InChI=1S/C12H16BrN3/c1-8-5-9(13)16-11(6-8)14-10(15-16)7-12(2,3)4/h5-6H,7H2,1-4H3. The van der Waals surface area contributed by atoms with Crippen molar-refractivity contribution in [3.05, 3.63) is 28.1 Å². The zero-order valence-corrected chi connectivity index (χ0v) is 11.7. The number of aromatic nitrogens is 3. The molecule has 0 saturated carbocycles. The van der Waals surface area contributed by atoms with Crippen molar-refractivity contribution in [1.29, 1.82) is 0 Å². The fourth-order valence-electron chi connectivity index (χ4n) is 1.66. The largest absolute Gasteiger partial charge is 0.212 e. The van der Waals surface area contributed by atoms with Crippen LogP contribution in [0.5, 0.6) is 0 Å². The number of nitrogens with zero attached hydrogens (tertiary/aromatic N) is 3. The summed E-state index contributed by atoms with van der Waals surface area (Å²) in [6.45, 7) is 8.64. The quantitative estimate of drug-likeness (QED) is 0.750. The van der Waals surface area contributed by atoms with E-state index in [2.05, 4.69) is 53.7 Å². The molecule has 0 radical (unpaired) electrons. The Labute approximate surface area is 104 Å². The molecule has 0 bridgehead atoms. The van der Waals surface area contributed by atoms with Gasteiger partial charge >= 0.3 is 0 Å². The molecule has 0 aromatic carbocycles. The highest BCUT2D eigenvalue weighted by Crippen LogP contribution is 2.20. The molecule has 2 rings (SSSR count). The van der Waals surface area contributed by atoms with Crippen LogP contribution in [-0.4, -0.2) is 14.6 Å². The lowest BCUT2D eigenvalue weighted by Crippen LogP contribution is -2.10. The molecule has 0 atom stereocenters. The summed E-state index contributed by atoms with van der Waals surface area (Å²) in [5, 5.41) is 4.50. The SMILES string of the molecule is Cc1cc(Br)n2nc(CC(C)(C)C)nc2c1. The molecule has 16 heavy (non-hydrogen) atoms. The van der Waals surface area contributed by atoms with E-state index in [1.54, 1.807) is 0 Å². The maximum Gasteiger partial charge on any atom is 0.157 e. The van der Waals surface area contributed by atoms with E-state index in [1.165, 1.54) is 5.56 Å². The second-order valence-corrected chi connectivity index (χ2v) is 6.20. The minimum Gasteiger partial charge on any atom is -0.212 e. The lowest BCUT2D eigenvalue weighted by molar-refractivity contribution is 0.401. The zero-order valence-electron chi connectivity index (χ0n) is 10.1. The molecule has 0 amide bonds. The number of pyridine rings is 1. The Hall–Kier alpha value is -0.900. The van der Waals surface area contributed by atoms with Crippen molar-refractivity contribution in [1.82, 2.24) is 14.6 Å². The summed E-state index contributed by atoms with van der Waals surface area (Å²) in [4.78, 5) is 4.54. The first kappa shape index (κ1) is 11.6. The van der Waals surface area contributed by atoms with Crippen molar-refractivity contribution in [2.45, 2.75) is 34.1 Å². The highest BCUT2D eigenvalue weighted by Gasteiger charge is 2.15. The van der Waals surface area contributed by atoms with Crippen LogP contribution in [0.4, 0.5) is 0 Å². The van der Waals surface area contributed by atoms with E-state index in [0.29, 0.717) is 0 Å². The van der Waals surface area contributed by atoms with Gasteiger partial charge in [-0.05, 0) is 46.0 Å². The van der Waals surface area contributed by atoms with Crippen LogP contribution in [0.3, 0.4) is 0 Å². The number of hydrogen-bond donors (Lipinski definition) is 0. The van der Waals surface area contributed by atoms with Crippen molar-refractivity contribution in [3.63, 3.8) is 0 Å². The second-order valence-electron chi connectivity index (χ2n) is 5.39. The molecule has 3 nitrogen and oxygen atoms in total. The first-order valence-electron chi connectivity index (χ1n) is 5.37. The van der Waals surface area contributed by atoms with Crippen molar-refractivity contribution in [2.75, 3.05) is 0 Å². The van der Waals surface area contributed by atoms with Gasteiger partial charge in [-0.25, -0.2) is 9.50 Å². The first-order chi connectivity index (χ1) is 7.35. The maximum atomic E-state index is 4.54. The molecular weight excluding hydrogens is 266 g/mol. The number of halogens is 1. The highest BCUT2D eigenvalue weighted by atomic mass is 79.9. The maximum absolute atomic E-state index is 4.54. The van der Waals surface area contributed by atoms with Crippen LogP contribution in [-0.2, 0) is 6.42 Å². The Kier molecular flexibility index (Phi) is 2.78. The minimum atomic E-state index is 0.215. The third-order valence-electron chi connectivity index (χ3n) is 2.27. The van der Waals surface area contributed by atoms with Crippen LogP contribution < -0.4 is 0 Å². The molecule has 0 aliphatic carbocycles. The number of hydrogen-bond acceptors (Lipinski definition) is 2. The van der Waals surface area contributed by atoms with Gasteiger partial charge < -0.3 is 0 Å². The molecule has 0 aliphatic heterocycles. The van der Waals surface area contributed by atoms with Gasteiger partial charge in [-0.3, -0.25) is 0 Å². The molecule has 0 spiro atoms. The van der Waals surface area contributed by atoms with Crippen molar-refractivity contribution in [2.24, 2.45) is 5.41 Å². The van der Waals surface area contributed by atoms with E-state index < -0.39 is 0 Å². The van der Waals surface area contributed by atoms with Crippen molar-refractivity contribution < 1.29 is 0 Å². The van der Waals surface area contributed by atoms with E-state index in [-0.39, 0.29) is 5.41 Å². The van der Waals surface area contributed by atoms with Crippen LogP contribution in [0.1, 0.15) is 32.2 Å². The summed E-state index contributed by atoms with van der Waals surface area (Å²) in [7, 11) is 0. The summed E-state index contributed by atoms with van der Waals surface area (Å²) >= 11 is 3.50. The molecule has 4 heteroatoms. The summed E-state index contributed by atoms with van der Waals surface area (Å²) in [6.07, 6.45) is 0.889. The zero-order chi connectivity index (χ0) is 11.9. The Morgan fingerprint density at radius 1 is 1.31 bits per heavy atom. The van der Waals surface area contributed by atoms with Crippen LogP contribution in [0.2, 0.25) is 0 Å². The van der Waals surface area contributed by atoms with E-state index >= 15 is 0 Å². The molecule has 0 N–H and O–H groups in total. The fraction of sp³-hybridized carbons (Fsp3) is 0.500. The Morgan fingerprint density at radius 3 is 2.62 bits per heavy atom. The molecule has 86 valence electrons. The average molecular weight is 282 g/mol. The lowest BCUT2D eigenvalue weighted by atomic mass is 9.92. The third kappa shape index (κ3) is 2.43. The van der Waals surface area contributed by atoms with Gasteiger partial charge in [0.05, 0.1) is 0 Å². The van der Waals surface area contributed by atoms with Crippen molar-refractivity contribution in [3.8, 4) is 0 Å². The van der Waals surface area contributed by atoms with Crippen molar-refractivity contribution >= 4 is 21.6 Å². The monoisotopic (exact) mass is 281 g/mol. The van der Waals surface area contributed by atoms with Gasteiger partial charge in [-0.15, -0.1) is 0 Å². The van der Waals surface area contributed by atoms with E-state index in [0.717, 1.165) is 22.5 Å². The van der Waals surface area contributed by atoms with Crippen LogP contribution in [0.25, 0.3) is 5.65 Å². The van der Waals surface area contributed by atoms with E-state index in [4.69, 9.17) is 0 Å². The van der Waals surface area contributed by atoms with Gasteiger partial charge in [0, 0.05) is 6.42 Å². The molecule has 0 aliphatic rings. The van der Waals surface area contributed by atoms with Gasteiger partial charge in [0.25, 0.3) is 0 Å². The topological polar surface area (TPSA) is 30.2 Å². The Balaban J connectivity index is 2.48. The molecule has 2 heterocycles. The predicted molar refractivity (Wildman–Crippen MR) is 68.6 cm³/mol. The van der Waals surface area contributed by atoms with Gasteiger partial charge in [0.15, 0.2) is 11.5 Å². The third-order valence-corrected chi connectivity index (χ3v) is 2.84. The number of fused-ring (bicyclic) bond motifs is 1. The second kappa shape index (κ2) is 3.84. The van der Waals surface area contributed by atoms with Gasteiger partial charge in [0.2, 0.25) is 0 Å². The normalized spacial score (nSPS) is 12.3. The molecule has 2 aromatic rings. The molecule has 2 aromatic heterocycles. The van der Waals surface area contributed by atoms with Crippen LogP contribution >= 0.6 is 15.9 Å². The summed E-state index contributed by atoms with van der Waals surface area (Å²) < 4.78 is 2.80. The minimum absolute atomic E-state index is 0.215. The summed E-state index contributed by atoms with van der Waals surface area (Å²) in [5.74, 6) is 0.902. The predicted octanol–water partition coefficient (Wildman–Crippen LogP) is 3.39. The molecule has 0 fully saturated rings. The number of rotatable bonds is 1. The Morgan fingerprint density at radius 2 is 2.00 bits per heavy atom. The summed E-state index contributed by atoms with van der Waals surface area (Å²) in [5.41, 5.74) is 2.31. The van der Waals surface area contributed by atoms with Gasteiger partial charge in [-0.1, -0.05) is 20.8 Å². The van der Waals surface area contributed by atoms with Gasteiger partial charge in [-0.2, -0.15) is 5.10 Å².